The molecule has 0 N–H and O–H groups in total. The van der Waals surface area contributed by atoms with Crippen molar-refractivity contribution in [2.75, 3.05) is 0 Å². The highest BCUT2D eigenvalue weighted by Gasteiger charge is 2.28. The summed E-state index contributed by atoms with van der Waals surface area (Å²) >= 11 is 0. The molecule has 1 atom stereocenters. The van der Waals surface area contributed by atoms with Gasteiger partial charge in [0.25, 0.3) is 0 Å². The van der Waals surface area contributed by atoms with Crippen LogP contribution in [-0.2, 0) is 11.2 Å². The Kier molecular flexibility index (Phi) is 7.02. The Bertz CT molecular complexity index is 1060. The first-order valence-corrected chi connectivity index (χ1v) is 11.5. The molecule has 3 nitrogen and oxygen atoms in total. The van der Waals surface area contributed by atoms with Gasteiger partial charge in [0.1, 0.15) is 5.75 Å². The number of hydrogen-bond donors (Lipinski definition) is 0. The van der Waals surface area contributed by atoms with Gasteiger partial charge in [-0.05, 0) is 84.9 Å². The molecule has 0 unspecified atom stereocenters. The fourth-order valence-corrected chi connectivity index (χ4v) is 4.64. The summed E-state index contributed by atoms with van der Waals surface area (Å²) in [4.78, 5) is 12.5. The van der Waals surface area contributed by atoms with Crippen molar-refractivity contribution < 1.29 is 9.53 Å². The third kappa shape index (κ3) is 5.45. The molecule has 32 heavy (non-hydrogen) atoms. The quantitative estimate of drug-likeness (QED) is 0.324. The molecular weight excluding hydrogens is 394 g/mol. The number of benzene rings is 3. The molecule has 0 bridgehead atoms. The summed E-state index contributed by atoms with van der Waals surface area (Å²) in [5.74, 6) is 1.32. The second kappa shape index (κ2) is 10.3. The third-order valence-electron chi connectivity index (χ3n) is 6.62. The van der Waals surface area contributed by atoms with Crippen LogP contribution in [0.3, 0.4) is 0 Å². The summed E-state index contributed by atoms with van der Waals surface area (Å²) in [5, 5.41) is 8.88. The monoisotopic (exact) mass is 423 g/mol. The predicted molar refractivity (Wildman–Crippen MR) is 126 cm³/mol. The number of nitrogens with zero attached hydrogens (tertiary/aromatic N) is 1. The van der Waals surface area contributed by atoms with Gasteiger partial charge >= 0.3 is 5.97 Å². The fourth-order valence-electron chi connectivity index (χ4n) is 4.64. The number of rotatable bonds is 6. The lowest BCUT2D eigenvalue weighted by Gasteiger charge is -2.27. The largest absolute Gasteiger partial charge is 0.426 e. The number of hydrogen-bond acceptors (Lipinski definition) is 3. The van der Waals surface area contributed by atoms with Crippen molar-refractivity contribution in [1.29, 1.82) is 5.26 Å². The summed E-state index contributed by atoms with van der Waals surface area (Å²) in [7, 11) is 0. The van der Waals surface area contributed by atoms with Crippen molar-refractivity contribution in [2.24, 2.45) is 5.92 Å². The van der Waals surface area contributed by atoms with Gasteiger partial charge < -0.3 is 4.74 Å². The summed E-state index contributed by atoms with van der Waals surface area (Å²) < 4.78 is 5.54. The Balaban J connectivity index is 1.28. The van der Waals surface area contributed by atoms with Crippen molar-refractivity contribution in [3.05, 3.63) is 101 Å². The zero-order valence-corrected chi connectivity index (χ0v) is 18.5. The van der Waals surface area contributed by atoms with E-state index in [0.29, 0.717) is 23.1 Å². The van der Waals surface area contributed by atoms with E-state index in [1.54, 1.807) is 24.3 Å². The normalized spacial score (nSPS) is 19.0. The summed E-state index contributed by atoms with van der Waals surface area (Å²) in [6, 6.07) is 28.5. The van der Waals surface area contributed by atoms with Crippen LogP contribution in [-0.4, -0.2) is 5.97 Å². The van der Waals surface area contributed by atoms with E-state index >= 15 is 0 Å². The number of nitriles is 1. The lowest BCUT2D eigenvalue weighted by Crippen LogP contribution is -2.25. The van der Waals surface area contributed by atoms with Crippen LogP contribution in [0, 0.1) is 17.2 Å². The second-order valence-electron chi connectivity index (χ2n) is 8.86. The fraction of sp³-hybridized carbons (Fsp3) is 0.310. The zero-order valence-electron chi connectivity index (χ0n) is 18.5. The van der Waals surface area contributed by atoms with Gasteiger partial charge in [-0.2, -0.15) is 5.26 Å². The molecule has 3 aromatic rings. The van der Waals surface area contributed by atoms with Gasteiger partial charge in [-0.1, -0.05) is 61.5 Å². The summed E-state index contributed by atoms with van der Waals surface area (Å²) in [6.45, 7) is 2.28. The predicted octanol–water partition coefficient (Wildman–Crippen LogP) is 6.78. The molecule has 0 aliphatic heterocycles. The molecule has 1 aliphatic rings. The molecule has 4 rings (SSSR count). The Labute approximate surface area is 190 Å². The molecule has 0 radical (unpaired) electrons. The number of carbonyl (C=O) groups excluding carboxylic acids is 1. The maximum Gasteiger partial charge on any atom is 0.314 e. The van der Waals surface area contributed by atoms with Crippen LogP contribution < -0.4 is 4.74 Å². The van der Waals surface area contributed by atoms with Crippen molar-refractivity contribution in [2.45, 2.75) is 50.9 Å². The first kappa shape index (κ1) is 21.8. The summed E-state index contributed by atoms with van der Waals surface area (Å²) in [6.07, 6.45) is 4.76. The minimum Gasteiger partial charge on any atom is -0.426 e. The van der Waals surface area contributed by atoms with Crippen molar-refractivity contribution in [1.82, 2.24) is 0 Å². The molecule has 162 valence electrons. The molecule has 0 saturated heterocycles. The second-order valence-corrected chi connectivity index (χ2v) is 8.86. The van der Waals surface area contributed by atoms with E-state index in [2.05, 4.69) is 67.6 Å². The Morgan fingerprint density at radius 3 is 2.22 bits per heavy atom. The SMILES string of the molecule is C[C@@H](Cc1ccc(C2CCC(C(=O)Oc3ccc(C#N)cc3)CC2)cc1)c1ccccc1. The highest BCUT2D eigenvalue weighted by Crippen LogP contribution is 2.36. The van der Waals surface area contributed by atoms with Crippen LogP contribution in [0.4, 0.5) is 0 Å². The maximum absolute atomic E-state index is 12.5. The molecule has 1 fully saturated rings. The van der Waals surface area contributed by atoms with E-state index in [1.165, 1.54) is 16.7 Å². The minimum absolute atomic E-state index is 0.0483. The number of esters is 1. The van der Waals surface area contributed by atoms with Crippen LogP contribution >= 0.6 is 0 Å². The van der Waals surface area contributed by atoms with Gasteiger partial charge in [0, 0.05) is 0 Å². The van der Waals surface area contributed by atoms with Crippen molar-refractivity contribution in [3.63, 3.8) is 0 Å². The maximum atomic E-state index is 12.5. The summed E-state index contributed by atoms with van der Waals surface area (Å²) in [5.41, 5.74) is 4.68. The van der Waals surface area contributed by atoms with Gasteiger partial charge in [0.05, 0.1) is 17.6 Å². The zero-order chi connectivity index (χ0) is 22.3. The first-order valence-electron chi connectivity index (χ1n) is 11.5. The van der Waals surface area contributed by atoms with E-state index in [1.807, 2.05) is 0 Å². The van der Waals surface area contributed by atoms with Gasteiger partial charge in [0.15, 0.2) is 0 Å². The van der Waals surface area contributed by atoms with Crippen LogP contribution in [0.1, 0.15) is 66.7 Å². The molecule has 3 heteroatoms. The highest BCUT2D eigenvalue weighted by molar-refractivity contribution is 5.75. The molecule has 1 saturated carbocycles. The number of ether oxygens (including phenoxy) is 1. The highest BCUT2D eigenvalue weighted by atomic mass is 16.5. The lowest BCUT2D eigenvalue weighted by molar-refractivity contribution is -0.140. The molecule has 0 amide bonds. The van der Waals surface area contributed by atoms with Gasteiger partial charge in [-0.3, -0.25) is 4.79 Å². The Hall–Kier alpha value is -3.38. The topological polar surface area (TPSA) is 50.1 Å². The van der Waals surface area contributed by atoms with Crippen LogP contribution in [0.2, 0.25) is 0 Å². The van der Waals surface area contributed by atoms with E-state index in [-0.39, 0.29) is 11.9 Å². The standard InChI is InChI=1S/C29H29NO2/c1-21(24-5-3-2-4-6-24)19-22-7-11-25(12-8-22)26-13-15-27(16-14-26)29(31)32-28-17-9-23(20-30)10-18-28/h2-12,17-18,21,26-27H,13-16,19H2,1H3/t21-,26?,27?/m0/s1. The molecule has 0 heterocycles. The minimum atomic E-state index is -0.154. The third-order valence-corrected chi connectivity index (χ3v) is 6.62. The van der Waals surface area contributed by atoms with Gasteiger partial charge in [0.2, 0.25) is 0 Å². The number of carbonyl (C=O) groups is 1. The van der Waals surface area contributed by atoms with Crippen LogP contribution in [0.15, 0.2) is 78.9 Å². The Morgan fingerprint density at radius 1 is 0.938 bits per heavy atom. The van der Waals surface area contributed by atoms with Crippen LogP contribution in [0.25, 0.3) is 0 Å². The Morgan fingerprint density at radius 2 is 1.59 bits per heavy atom. The smallest absolute Gasteiger partial charge is 0.314 e. The van der Waals surface area contributed by atoms with Crippen molar-refractivity contribution >= 4 is 5.97 Å². The van der Waals surface area contributed by atoms with Gasteiger partial charge in [-0.15, -0.1) is 0 Å². The van der Waals surface area contributed by atoms with E-state index in [0.717, 1.165) is 32.1 Å². The van der Waals surface area contributed by atoms with E-state index < -0.39 is 0 Å². The first-order chi connectivity index (χ1) is 15.6. The average molecular weight is 424 g/mol. The van der Waals surface area contributed by atoms with E-state index in [9.17, 15) is 4.79 Å². The molecule has 1 aliphatic carbocycles. The van der Waals surface area contributed by atoms with Crippen LogP contribution in [0.5, 0.6) is 5.75 Å². The molecular formula is C29H29NO2. The average Bonchev–Trinajstić information content (AvgIpc) is 2.85. The molecule has 3 aromatic carbocycles. The lowest BCUT2D eigenvalue weighted by atomic mass is 9.78. The molecule has 0 spiro atoms. The molecule has 0 aromatic heterocycles. The van der Waals surface area contributed by atoms with Crippen molar-refractivity contribution in [3.8, 4) is 11.8 Å². The van der Waals surface area contributed by atoms with Gasteiger partial charge in [-0.25, -0.2) is 0 Å². The van der Waals surface area contributed by atoms with E-state index in [4.69, 9.17) is 10.00 Å².